The minimum absolute atomic E-state index is 0.198. The highest BCUT2D eigenvalue weighted by atomic mass is 16.5. The first kappa shape index (κ1) is 19.5. The second-order valence-electron chi connectivity index (χ2n) is 7.06. The van der Waals surface area contributed by atoms with E-state index in [1.807, 2.05) is 6.92 Å². The lowest BCUT2D eigenvalue weighted by Gasteiger charge is -2.14. The van der Waals surface area contributed by atoms with Gasteiger partial charge in [-0.2, -0.15) is 0 Å². The largest absolute Gasteiger partial charge is 0.463 e. The normalized spacial score (nSPS) is 11.2. The number of aryl methyl sites for hydroxylation is 1. The van der Waals surface area contributed by atoms with Crippen molar-refractivity contribution in [3.05, 3.63) is 70.3 Å². The smallest absolute Gasteiger partial charge is 0.270 e. The highest BCUT2D eigenvalue weighted by molar-refractivity contribution is 6.07. The number of pyridine rings is 1. The number of anilines is 1. The van der Waals surface area contributed by atoms with Crippen molar-refractivity contribution in [1.82, 2.24) is 25.1 Å². The van der Waals surface area contributed by atoms with Crippen LogP contribution in [0, 0.1) is 6.92 Å². The topological polar surface area (TPSA) is 128 Å². The summed E-state index contributed by atoms with van der Waals surface area (Å²) in [6.07, 6.45) is 1.52. The van der Waals surface area contributed by atoms with Crippen molar-refractivity contribution in [2.75, 3.05) is 5.43 Å². The number of rotatable bonds is 5. The Hall–Kier alpha value is -4.47. The fourth-order valence-electron chi connectivity index (χ4n) is 3.56. The number of hydrogen-bond donors (Lipinski definition) is 2. The first-order valence-corrected chi connectivity index (χ1v) is 9.93. The summed E-state index contributed by atoms with van der Waals surface area (Å²) in [4.78, 5) is 34.8. The first-order valence-electron chi connectivity index (χ1n) is 9.93. The molecule has 0 aliphatic heterocycles. The van der Waals surface area contributed by atoms with E-state index in [1.54, 1.807) is 49.4 Å². The second-order valence-corrected chi connectivity index (χ2v) is 7.06. The third-order valence-electron chi connectivity index (χ3n) is 5.10. The summed E-state index contributed by atoms with van der Waals surface area (Å²) in [5.41, 5.74) is 7.20. The number of hydrazine groups is 1. The van der Waals surface area contributed by atoms with Gasteiger partial charge in [0.2, 0.25) is 5.95 Å². The molecule has 0 aliphatic carbocycles. The molecule has 5 aromatic rings. The van der Waals surface area contributed by atoms with Crippen LogP contribution in [0.2, 0.25) is 0 Å². The van der Waals surface area contributed by atoms with E-state index in [4.69, 9.17) is 8.94 Å². The average molecular weight is 430 g/mol. The van der Waals surface area contributed by atoms with Gasteiger partial charge >= 0.3 is 0 Å². The molecule has 0 fully saturated rings. The molecule has 1 amide bonds. The maximum Gasteiger partial charge on any atom is 0.270 e. The van der Waals surface area contributed by atoms with Crippen LogP contribution in [-0.2, 0) is 6.54 Å². The fourth-order valence-corrected chi connectivity index (χ4v) is 3.56. The third kappa shape index (κ3) is 3.18. The number of fused-ring (bicyclic) bond motifs is 2. The Bertz CT molecular complexity index is 1520. The van der Waals surface area contributed by atoms with Gasteiger partial charge in [-0.1, -0.05) is 17.3 Å². The van der Waals surface area contributed by atoms with Crippen molar-refractivity contribution < 1.29 is 13.7 Å². The van der Waals surface area contributed by atoms with Crippen molar-refractivity contribution in [2.24, 2.45) is 0 Å². The van der Waals surface area contributed by atoms with Gasteiger partial charge in [0.1, 0.15) is 5.69 Å². The molecule has 0 aliphatic rings. The summed E-state index contributed by atoms with van der Waals surface area (Å²) in [5, 5.41) is 4.92. The van der Waals surface area contributed by atoms with Gasteiger partial charge in [-0.05, 0) is 44.2 Å². The summed E-state index contributed by atoms with van der Waals surface area (Å²) in [7, 11) is 0. The van der Waals surface area contributed by atoms with Gasteiger partial charge in [-0.25, -0.2) is 9.97 Å². The lowest BCUT2D eigenvalue weighted by molar-refractivity contribution is 0.0963. The number of carbonyl (C=O) groups excluding carboxylic acids is 1. The molecule has 10 nitrogen and oxygen atoms in total. The van der Waals surface area contributed by atoms with Crippen LogP contribution in [0.3, 0.4) is 0 Å². The van der Waals surface area contributed by atoms with Crippen molar-refractivity contribution in [1.29, 1.82) is 0 Å². The Morgan fingerprint density at radius 2 is 2.00 bits per heavy atom. The van der Waals surface area contributed by atoms with Crippen LogP contribution >= 0.6 is 0 Å². The molecule has 160 valence electrons. The van der Waals surface area contributed by atoms with Gasteiger partial charge in [0.15, 0.2) is 5.76 Å². The maximum absolute atomic E-state index is 13.1. The molecule has 1 aromatic carbocycles. The number of carbonyl (C=O) groups is 1. The predicted octanol–water partition coefficient (Wildman–Crippen LogP) is 3.28. The van der Waals surface area contributed by atoms with Gasteiger partial charge < -0.3 is 8.94 Å². The molecular formula is C22H18N6O4. The van der Waals surface area contributed by atoms with Crippen LogP contribution in [0.5, 0.6) is 0 Å². The fraction of sp³-hybridized carbons (Fsp3) is 0.136. The molecule has 0 atom stereocenters. The van der Waals surface area contributed by atoms with Crippen molar-refractivity contribution in [3.8, 4) is 11.5 Å². The van der Waals surface area contributed by atoms with E-state index in [-0.39, 0.29) is 17.2 Å². The molecule has 32 heavy (non-hydrogen) atoms. The zero-order chi connectivity index (χ0) is 22.2. The minimum atomic E-state index is -0.471. The highest BCUT2D eigenvalue weighted by Gasteiger charge is 2.20. The van der Waals surface area contributed by atoms with Crippen LogP contribution in [-0.4, -0.2) is 25.6 Å². The Morgan fingerprint density at radius 3 is 2.78 bits per heavy atom. The molecule has 0 saturated heterocycles. The summed E-state index contributed by atoms with van der Waals surface area (Å²) in [6.45, 7) is 3.93. The number of amides is 1. The zero-order valence-electron chi connectivity index (χ0n) is 17.2. The number of benzene rings is 1. The molecule has 4 heterocycles. The average Bonchev–Trinajstić information content (AvgIpc) is 3.47. The molecule has 10 heteroatoms. The Balaban J connectivity index is 1.52. The van der Waals surface area contributed by atoms with Gasteiger partial charge in [0, 0.05) is 6.54 Å². The Morgan fingerprint density at radius 1 is 1.16 bits per heavy atom. The second kappa shape index (κ2) is 7.65. The lowest BCUT2D eigenvalue weighted by Crippen LogP contribution is -2.34. The van der Waals surface area contributed by atoms with E-state index in [9.17, 15) is 9.59 Å². The van der Waals surface area contributed by atoms with Crippen LogP contribution in [0.4, 0.5) is 5.95 Å². The van der Waals surface area contributed by atoms with Gasteiger partial charge in [-0.3, -0.25) is 25.0 Å². The summed E-state index contributed by atoms with van der Waals surface area (Å²) < 4.78 is 12.1. The lowest BCUT2D eigenvalue weighted by atomic mass is 10.1. The van der Waals surface area contributed by atoms with Crippen LogP contribution in [0.25, 0.3) is 33.5 Å². The molecule has 0 saturated carbocycles. The number of nitrogens with one attached hydrogen (secondary N) is 2. The number of aromatic nitrogens is 4. The quantitative estimate of drug-likeness (QED) is 0.407. The molecule has 5 rings (SSSR count). The SMILES string of the molecule is CCn1c(NNC(=O)c2cc(-c3ccco3)nc3onc(C)c23)nc2ccccc2c1=O. The number of furan rings is 1. The molecule has 2 N–H and O–H groups in total. The Kier molecular flexibility index (Phi) is 4.66. The zero-order valence-corrected chi connectivity index (χ0v) is 17.2. The van der Waals surface area contributed by atoms with Crippen molar-refractivity contribution in [2.45, 2.75) is 20.4 Å². The summed E-state index contributed by atoms with van der Waals surface area (Å²) in [6, 6.07) is 12.1. The molecule has 0 spiro atoms. The summed E-state index contributed by atoms with van der Waals surface area (Å²) in [5.74, 6) is 0.240. The number of hydrogen-bond acceptors (Lipinski definition) is 8. The van der Waals surface area contributed by atoms with E-state index in [1.165, 1.54) is 10.8 Å². The van der Waals surface area contributed by atoms with E-state index in [0.29, 0.717) is 45.5 Å². The first-order chi connectivity index (χ1) is 15.6. The molecule has 0 unspecified atom stereocenters. The Labute approximate surface area is 180 Å². The van der Waals surface area contributed by atoms with E-state index in [2.05, 4.69) is 26.0 Å². The number of nitrogens with zero attached hydrogens (tertiary/aromatic N) is 4. The van der Waals surface area contributed by atoms with Gasteiger partial charge in [-0.15, -0.1) is 0 Å². The van der Waals surface area contributed by atoms with Crippen LogP contribution < -0.4 is 16.4 Å². The van der Waals surface area contributed by atoms with Crippen molar-refractivity contribution >= 4 is 33.9 Å². The van der Waals surface area contributed by atoms with Gasteiger partial charge in [0.25, 0.3) is 17.2 Å². The number of para-hydroxylation sites is 1. The molecular weight excluding hydrogens is 412 g/mol. The van der Waals surface area contributed by atoms with E-state index in [0.717, 1.165) is 0 Å². The summed E-state index contributed by atoms with van der Waals surface area (Å²) >= 11 is 0. The standard InChI is InChI=1S/C22H18N6O4/c1-3-28-21(30)13-7-4-5-8-15(13)24-22(28)26-25-19(29)14-11-16(17-9-6-10-31-17)23-20-18(14)12(2)27-32-20/h4-11H,3H2,1-2H3,(H,24,26)(H,25,29). The third-order valence-corrected chi connectivity index (χ3v) is 5.10. The predicted molar refractivity (Wildman–Crippen MR) is 117 cm³/mol. The molecule has 0 bridgehead atoms. The molecule has 0 radical (unpaired) electrons. The monoisotopic (exact) mass is 430 g/mol. The maximum atomic E-state index is 13.1. The van der Waals surface area contributed by atoms with Crippen molar-refractivity contribution in [3.63, 3.8) is 0 Å². The van der Waals surface area contributed by atoms with Crippen LogP contribution in [0.15, 0.2) is 62.5 Å². The van der Waals surface area contributed by atoms with Gasteiger partial charge in [0.05, 0.1) is 33.8 Å². The highest BCUT2D eigenvalue weighted by Crippen LogP contribution is 2.27. The minimum Gasteiger partial charge on any atom is -0.463 e. The molecule has 4 aromatic heterocycles. The van der Waals surface area contributed by atoms with E-state index < -0.39 is 5.91 Å². The van der Waals surface area contributed by atoms with E-state index >= 15 is 0 Å². The van der Waals surface area contributed by atoms with Crippen LogP contribution in [0.1, 0.15) is 23.0 Å².